The fourth-order valence-corrected chi connectivity index (χ4v) is 3.48. The molecule has 0 unspecified atom stereocenters. The Hall–Kier alpha value is -3.06. The summed E-state index contributed by atoms with van der Waals surface area (Å²) in [5.74, 6) is 0.312. The third-order valence-corrected chi connectivity index (χ3v) is 5.11. The van der Waals surface area contributed by atoms with E-state index in [1.165, 1.54) is 12.1 Å². The molecule has 0 radical (unpaired) electrons. The first-order chi connectivity index (χ1) is 13.0. The average molecular weight is 386 g/mol. The Morgan fingerprint density at radius 1 is 0.815 bits per heavy atom. The number of hydrogen-bond donors (Lipinski definition) is 2. The van der Waals surface area contributed by atoms with Gasteiger partial charge in [-0.05, 0) is 79.7 Å². The van der Waals surface area contributed by atoms with Gasteiger partial charge in [-0.1, -0.05) is 0 Å². The molecule has 5 nitrogen and oxygen atoms in total. The molecule has 140 valence electrons. The maximum atomic E-state index is 13.0. The first-order valence-corrected chi connectivity index (χ1v) is 9.83. The summed E-state index contributed by atoms with van der Waals surface area (Å²) in [5.41, 5.74) is 2.11. The van der Waals surface area contributed by atoms with E-state index in [9.17, 15) is 12.8 Å². The van der Waals surface area contributed by atoms with Crippen LogP contribution in [0.4, 0.5) is 21.5 Å². The Morgan fingerprint density at radius 3 is 1.89 bits per heavy atom. The van der Waals surface area contributed by atoms with Gasteiger partial charge in [-0.3, -0.25) is 4.72 Å². The summed E-state index contributed by atoms with van der Waals surface area (Å²) in [4.78, 5) is 0.000453. The minimum Gasteiger partial charge on any atom is -0.494 e. The Bertz CT molecular complexity index is 987. The largest absolute Gasteiger partial charge is 0.494 e. The van der Waals surface area contributed by atoms with Crippen LogP contribution in [0.25, 0.3) is 0 Å². The maximum Gasteiger partial charge on any atom is 0.261 e. The number of benzene rings is 3. The van der Waals surface area contributed by atoms with Crippen molar-refractivity contribution in [2.75, 3.05) is 16.6 Å². The van der Waals surface area contributed by atoms with Gasteiger partial charge in [0.15, 0.2) is 0 Å². The summed E-state index contributed by atoms with van der Waals surface area (Å²) in [6.45, 7) is 2.54. The highest BCUT2D eigenvalue weighted by molar-refractivity contribution is 7.92. The molecule has 0 atom stereocenters. The first-order valence-electron chi connectivity index (χ1n) is 8.34. The predicted molar refractivity (Wildman–Crippen MR) is 105 cm³/mol. The molecule has 0 aliphatic carbocycles. The molecule has 27 heavy (non-hydrogen) atoms. The lowest BCUT2D eigenvalue weighted by Crippen LogP contribution is -2.12. The summed E-state index contributed by atoms with van der Waals surface area (Å²) in [5, 5.41) is 3.23. The lowest BCUT2D eigenvalue weighted by atomic mass is 10.2. The normalized spacial score (nSPS) is 11.0. The van der Waals surface area contributed by atoms with E-state index in [4.69, 9.17) is 4.74 Å². The molecule has 3 rings (SSSR count). The molecular formula is C20H19FN2O3S. The lowest BCUT2D eigenvalue weighted by molar-refractivity contribution is 0.340. The maximum absolute atomic E-state index is 13.0. The molecule has 0 heterocycles. The van der Waals surface area contributed by atoms with Crippen LogP contribution in [0.2, 0.25) is 0 Å². The van der Waals surface area contributed by atoms with Gasteiger partial charge in [0.25, 0.3) is 10.0 Å². The van der Waals surface area contributed by atoms with Crippen molar-refractivity contribution in [3.05, 3.63) is 78.6 Å². The van der Waals surface area contributed by atoms with Gasteiger partial charge in [-0.2, -0.15) is 0 Å². The van der Waals surface area contributed by atoms with Crippen molar-refractivity contribution < 1.29 is 17.5 Å². The van der Waals surface area contributed by atoms with Crippen LogP contribution < -0.4 is 14.8 Å². The Kier molecular flexibility index (Phi) is 5.61. The summed E-state index contributed by atoms with van der Waals surface area (Å²) in [6.07, 6.45) is 0. The monoisotopic (exact) mass is 386 g/mol. The van der Waals surface area contributed by atoms with Crippen LogP contribution >= 0.6 is 0 Å². The van der Waals surface area contributed by atoms with Crippen LogP contribution in [-0.2, 0) is 10.0 Å². The zero-order chi connectivity index (χ0) is 19.3. The number of rotatable bonds is 7. The summed E-state index contributed by atoms with van der Waals surface area (Å²) in [7, 11) is -3.76. The van der Waals surface area contributed by atoms with E-state index in [1.807, 2.05) is 31.2 Å². The van der Waals surface area contributed by atoms with E-state index in [0.717, 1.165) is 29.3 Å². The lowest BCUT2D eigenvalue weighted by Gasteiger charge is -2.11. The van der Waals surface area contributed by atoms with Gasteiger partial charge in [-0.15, -0.1) is 0 Å². The highest BCUT2D eigenvalue weighted by Crippen LogP contribution is 2.23. The zero-order valence-corrected chi connectivity index (χ0v) is 15.5. The molecule has 0 amide bonds. The number of nitrogens with one attached hydrogen (secondary N) is 2. The summed E-state index contributed by atoms with van der Waals surface area (Å²) >= 11 is 0. The van der Waals surface area contributed by atoms with Crippen molar-refractivity contribution in [1.29, 1.82) is 0 Å². The first kappa shape index (κ1) is 18.7. The molecule has 0 aromatic heterocycles. The summed E-state index contributed by atoms with van der Waals surface area (Å²) in [6, 6.07) is 19.0. The highest BCUT2D eigenvalue weighted by atomic mass is 32.2. The number of anilines is 3. The van der Waals surface area contributed by atoms with E-state index in [0.29, 0.717) is 12.3 Å². The molecule has 0 spiro atoms. The van der Waals surface area contributed by atoms with E-state index in [-0.39, 0.29) is 4.90 Å². The fraction of sp³-hybridized carbons (Fsp3) is 0.100. The molecule has 0 aliphatic rings. The number of ether oxygens (including phenoxy) is 1. The molecule has 2 N–H and O–H groups in total. The van der Waals surface area contributed by atoms with Gasteiger partial charge in [0.1, 0.15) is 11.6 Å². The molecule has 7 heteroatoms. The third kappa shape index (κ3) is 4.98. The van der Waals surface area contributed by atoms with Crippen molar-refractivity contribution in [1.82, 2.24) is 0 Å². The molecule has 3 aromatic rings. The Morgan fingerprint density at radius 2 is 1.33 bits per heavy atom. The topological polar surface area (TPSA) is 67.4 Å². The second-order valence-electron chi connectivity index (χ2n) is 5.72. The van der Waals surface area contributed by atoms with Crippen molar-refractivity contribution in [3.8, 4) is 5.75 Å². The number of halogens is 1. The third-order valence-electron chi connectivity index (χ3n) is 3.72. The summed E-state index contributed by atoms with van der Waals surface area (Å²) < 4.78 is 45.5. The molecular weight excluding hydrogens is 367 g/mol. The average Bonchev–Trinajstić information content (AvgIpc) is 2.65. The van der Waals surface area contributed by atoms with Crippen molar-refractivity contribution in [2.24, 2.45) is 0 Å². The second-order valence-corrected chi connectivity index (χ2v) is 7.40. The van der Waals surface area contributed by atoms with Gasteiger partial charge >= 0.3 is 0 Å². The Balaban J connectivity index is 1.67. The van der Waals surface area contributed by atoms with Gasteiger partial charge < -0.3 is 10.1 Å². The van der Waals surface area contributed by atoms with Crippen LogP contribution in [0, 0.1) is 5.82 Å². The predicted octanol–water partition coefficient (Wildman–Crippen LogP) is 4.77. The van der Waals surface area contributed by atoms with Gasteiger partial charge in [0.05, 0.1) is 11.5 Å². The minimum atomic E-state index is -3.76. The molecule has 0 fully saturated rings. The van der Waals surface area contributed by atoms with E-state index < -0.39 is 15.8 Å². The van der Waals surface area contributed by atoms with Crippen LogP contribution in [0.5, 0.6) is 5.75 Å². The van der Waals surface area contributed by atoms with E-state index >= 15 is 0 Å². The SMILES string of the molecule is CCOc1ccc(Nc2ccc(NS(=O)(=O)c3ccc(F)cc3)cc2)cc1. The number of hydrogen-bond acceptors (Lipinski definition) is 4. The van der Waals surface area contributed by atoms with Crippen LogP contribution in [0.15, 0.2) is 77.7 Å². The highest BCUT2D eigenvalue weighted by Gasteiger charge is 2.14. The van der Waals surface area contributed by atoms with Crippen LogP contribution in [0.1, 0.15) is 6.92 Å². The van der Waals surface area contributed by atoms with Gasteiger partial charge in [-0.25, -0.2) is 12.8 Å². The number of sulfonamides is 1. The van der Waals surface area contributed by atoms with E-state index in [2.05, 4.69) is 10.0 Å². The minimum absolute atomic E-state index is 0.000453. The van der Waals surface area contributed by atoms with Crippen molar-refractivity contribution in [2.45, 2.75) is 11.8 Å². The molecule has 3 aromatic carbocycles. The zero-order valence-electron chi connectivity index (χ0n) is 14.6. The fourth-order valence-electron chi connectivity index (χ4n) is 2.42. The molecule has 0 aliphatic heterocycles. The van der Waals surface area contributed by atoms with E-state index in [1.54, 1.807) is 24.3 Å². The van der Waals surface area contributed by atoms with Crippen molar-refractivity contribution >= 4 is 27.1 Å². The van der Waals surface area contributed by atoms with Gasteiger partial charge in [0.2, 0.25) is 0 Å². The van der Waals surface area contributed by atoms with Gasteiger partial charge in [0, 0.05) is 17.1 Å². The molecule has 0 saturated carbocycles. The smallest absolute Gasteiger partial charge is 0.261 e. The van der Waals surface area contributed by atoms with Crippen LogP contribution in [-0.4, -0.2) is 15.0 Å². The molecule has 0 bridgehead atoms. The van der Waals surface area contributed by atoms with Crippen molar-refractivity contribution in [3.63, 3.8) is 0 Å². The standard InChI is InChI=1S/C20H19FN2O3S/c1-2-26-19-11-9-17(10-12-19)22-16-5-7-18(8-6-16)23-27(24,25)20-13-3-15(21)4-14-20/h3-14,22-23H,2H2,1H3. The molecule has 0 saturated heterocycles. The quantitative estimate of drug-likeness (QED) is 0.614. The second kappa shape index (κ2) is 8.09. The Labute approximate surface area is 157 Å². The van der Waals surface area contributed by atoms with Crippen LogP contribution in [0.3, 0.4) is 0 Å².